The maximum atomic E-state index is 11.2. The van der Waals surface area contributed by atoms with E-state index in [0.717, 1.165) is 19.3 Å². The first-order valence-corrected chi connectivity index (χ1v) is 10.0. The Kier molecular flexibility index (Phi) is 24.7. The summed E-state index contributed by atoms with van der Waals surface area (Å²) in [5.74, 6) is -1.38. The Hall–Kier alpha value is 0.360. The third-order valence-corrected chi connectivity index (χ3v) is 4.34. The van der Waals surface area contributed by atoms with Gasteiger partial charge in [-0.1, -0.05) is 96.8 Å². The fraction of sp³-hybridized carbons (Fsp3) is 0.900. The van der Waals surface area contributed by atoms with E-state index < -0.39 is 18.5 Å². The topological polar surface area (TPSA) is 63.6 Å². The van der Waals surface area contributed by atoms with Crippen molar-refractivity contribution in [1.29, 1.82) is 0 Å². The van der Waals surface area contributed by atoms with Gasteiger partial charge in [0.1, 0.15) is 6.61 Å². The molecule has 25 heavy (non-hydrogen) atoms. The van der Waals surface area contributed by atoms with E-state index in [1.807, 2.05) is 0 Å². The molecule has 0 saturated carbocycles. The van der Waals surface area contributed by atoms with Crippen LogP contribution in [0.25, 0.3) is 0 Å². The summed E-state index contributed by atoms with van der Waals surface area (Å²) in [7, 11) is 0. The monoisotopic (exact) mass is 382 g/mol. The molecule has 0 aliphatic heterocycles. The maximum absolute atomic E-state index is 11.2. The molecule has 0 aliphatic carbocycles. The van der Waals surface area contributed by atoms with Crippen LogP contribution in [-0.4, -0.2) is 61.4 Å². The summed E-state index contributed by atoms with van der Waals surface area (Å²) in [6.07, 6.45) is 19.5. The summed E-state index contributed by atoms with van der Waals surface area (Å²) < 4.78 is 4.39. The van der Waals surface area contributed by atoms with Crippen molar-refractivity contribution in [2.75, 3.05) is 6.61 Å². The summed E-state index contributed by atoms with van der Waals surface area (Å²) in [5, 5.41) is 8.46. The van der Waals surface area contributed by atoms with Gasteiger partial charge in [-0.2, -0.15) is 0 Å². The van der Waals surface area contributed by atoms with E-state index in [0.29, 0.717) is 0 Å². The van der Waals surface area contributed by atoms with E-state index in [1.165, 1.54) is 77.0 Å². The largest absolute Gasteiger partial charge is 2.00 e. The zero-order valence-corrected chi connectivity index (χ0v) is 18.6. The van der Waals surface area contributed by atoms with Gasteiger partial charge in [-0.15, -0.1) is 0 Å². The molecule has 0 bridgehead atoms. The van der Waals surface area contributed by atoms with E-state index in [4.69, 9.17) is 5.11 Å². The summed E-state index contributed by atoms with van der Waals surface area (Å²) in [6.45, 7) is 1.53. The van der Waals surface area contributed by atoms with Gasteiger partial charge in [-0.3, -0.25) is 4.79 Å². The van der Waals surface area contributed by atoms with Crippen molar-refractivity contribution in [3.8, 4) is 0 Å². The molecule has 0 amide bonds. The predicted octanol–water partition coefficient (Wildman–Crippen LogP) is 4.93. The summed E-state index contributed by atoms with van der Waals surface area (Å²) in [4.78, 5) is 21.9. The molecule has 0 rings (SSSR count). The molecule has 142 valence electrons. The average molecular weight is 383 g/mol. The fourth-order valence-electron chi connectivity index (χ4n) is 2.85. The molecule has 0 aromatic rings. The van der Waals surface area contributed by atoms with Crippen LogP contribution in [0.15, 0.2) is 0 Å². The van der Waals surface area contributed by atoms with Gasteiger partial charge < -0.3 is 9.84 Å². The van der Waals surface area contributed by atoms with E-state index in [9.17, 15) is 9.59 Å². The number of aliphatic hydroxyl groups is 1. The number of rotatable bonds is 17. The number of hydrogen-bond acceptors (Lipinski definition) is 4. The van der Waals surface area contributed by atoms with Gasteiger partial charge in [0.2, 0.25) is 0 Å². The van der Waals surface area contributed by atoms with Crippen molar-refractivity contribution >= 4 is 49.7 Å². The Morgan fingerprint density at radius 3 is 1.36 bits per heavy atom. The Bertz CT molecular complexity index is 308. The molecule has 0 radical (unpaired) electrons. The Balaban J connectivity index is 0. The molecule has 1 N–H and O–H groups in total. The van der Waals surface area contributed by atoms with Crippen LogP contribution in [0.3, 0.4) is 0 Å². The molecule has 0 aliphatic rings. The van der Waals surface area contributed by atoms with Crippen molar-refractivity contribution in [3.05, 3.63) is 0 Å². The second-order valence-electron chi connectivity index (χ2n) is 6.70. The number of ether oxygens (including phenoxy) is 1. The molecule has 0 atom stereocenters. The molecule has 0 saturated heterocycles. The number of hydrogen-bond donors (Lipinski definition) is 1. The molecule has 0 spiro atoms. The van der Waals surface area contributed by atoms with Crippen LogP contribution in [0.2, 0.25) is 0 Å². The van der Waals surface area contributed by atoms with Crippen LogP contribution in [0.4, 0.5) is 0 Å². The minimum atomic E-state index is -0.860. The quantitative estimate of drug-likeness (QED) is 0.168. The van der Waals surface area contributed by atoms with Crippen LogP contribution in [0, 0.1) is 0 Å². The summed E-state index contributed by atoms with van der Waals surface area (Å²) in [5.41, 5.74) is 0. The van der Waals surface area contributed by atoms with E-state index >= 15 is 0 Å². The molecule has 4 nitrogen and oxygen atoms in total. The Morgan fingerprint density at radius 1 is 0.640 bits per heavy atom. The van der Waals surface area contributed by atoms with Crippen molar-refractivity contribution in [3.63, 3.8) is 0 Å². The van der Waals surface area contributed by atoms with Crippen LogP contribution in [-0.2, 0) is 14.3 Å². The van der Waals surface area contributed by atoms with Gasteiger partial charge in [0.25, 0.3) is 0 Å². The molecule has 0 aromatic carbocycles. The molecule has 0 unspecified atom stereocenters. The first-order chi connectivity index (χ1) is 11.7. The molecular formula is C20H38CaO4+2. The molecule has 0 aromatic heterocycles. The number of carbonyl (C=O) groups excluding carboxylic acids is 2. The Morgan fingerprint density at radius 2 is 1.00 bits per heavy atom. The number of esters is 2. The number of unbranched alkanes of at least 4 members (excludes halogenated alkanes) is 14. The zero-order chi connectivity index (χ0) is 17.9. The van der Waals surface area contributed by atoms with Gasteiger partial charge in [-0.25, -0.2) is 4.79 Å². The first-order valence-electron chi connectivity index (χ1n) is 10.0. The average Bonchev–Trinajstić information content (AvgIpc) is 2.58. The van der Waals surface area contributed by atoms with Gasteiger partial charge in [-0.05, 0) is 6.42 Å². The minimum Gasteiger partial charge on any atom is -0.391 e. The van der Waals surface area contributed by atoms with Crippen molar-refractivity contribution < 1.29 is 19.4 Å². The third-order valence-electron chi connectivity index (χ3n) is 4.34. The first kappa shape index (κ1) is 27.6. The SMILES string of the molecule is CCCCCCCCCCCCCCCCCC(=O)OC(=O)CO.[Ca+2]. The van der Waals surface area contributed by atoms with Crippen molar-refractivity contribution in [2.24, 2.45) is 0 Å². The maximum Gasteiger partial charge on any atom is 2.00 e. The standard InChI is InChI=1S/C20H38O4.Ca/c1-2-3-4-5-6-7-8-9-10-11-12-13-14-15-16-17-19(22)24-20(23)18-21;/h21H,2-18H2,1H3;/q;+2. The summed E-state index contributed by atoms with van der Waals surface area (Å²) in [6, 6.07) is 0. The molecular weight excluding hydrogens is 344 g/mol. The number of carbonyl (C=O) groups is 2. The Labute approximate surface area is 184 Å². The van der Waals surface area contributed by atoms with Crippen LogP contribution < -0.4 is 0 Å². The van der Waals surface area contributed by atoms with Gasteiger partial charge >= 0.3 is 49.7 Å². The molecule has 5 heteroatoms. The number of aliphatic hydroxyl groups excluding tert-OH is 1. The summed E-state index contributed by atoms with van der Waals surface area (Å²) >= 11 is 0. The van der Waals surface area contributed by atoms with E-state index in [1.54, 1.807) is 0 Å². The second kappa shape index (κ2) is 22.4. The van der Waals surface area contributed by atoms with Gasteiger partial charge in [0.15, 0.2) is 0 Å². The van der Waals surface area contributed by atoms with Crippen molar-refractivity contribution in [2.45, 2.75) is 110 Å². The third kappa shape index (κ3) is 22.3. The van der Waals surface area contributed by atoms with Crippen LogP contribution in [0.5, 0.6) is 0 Å². The van der Waals surface area contributed by atoms with Crippen LogP contribution >= 0.6 is 0 Å². The molecule has 0 fully saturated rings. The fourth-order valence-corrected chi connectivity index (χ4v) is 2.85. The predicted molar refractivity (Wildman–Crippen MR) is 103 cm³/mol. The zero-order valence-electron chi connectivity index (χ0n) is 16.4. The van der Waals surface area contributed by atoms with E-state index in [2.05, 4.69) is 11.7 Å². The smallest absolute Gasteiger partial charge is 0.391 e. The van der Waals surface area contributed by atoms with Gasteiger partial charge in [0, 0.05) is 6.42 Å². The normalized spacial score (nSPS) is 10.3. The van der Waals surface area contributed by atoms with Gasteiger partial charge in [0.05, 0.1) is 0 Å². The molecule has 0 heterocycles. The van der Waals surface area contributed by atoms with Crippen LogP contribution in [0.1, 0.15) is 110 Å². The van der Waals surface area contributed by atoms with E-state index in [-0.39, 0.29) is 44.2 Å². The van der Waals surface area contributed by atoms with Crippen molar-refractivity contribution in [1.82, 2.24) is 0 Å². The second-order valence-corrected chi connectivity index (χ2v) is 6.70. The minimum absolute atomic E-state index is 0.